The van der Waals surface area contributed by atoms with E-state index < -0.39 is 0 Å². The van der Waals surface area contributed by atoms with E-state index in [1.807, 2.05) is 12.3 Å². The van der Waals surface area contributed by atoms with Gasteiger partial charge in [-0.15, -0.1) is 0 Å². The maximum atomic E-state index is 4.45. The molecule has 1 aliphatic heterocycles. The summed E-state index contributed by atoms with van der Waals surface area (Å²) in [7, 11) is 0. The Kier molecular flexibility index (Phi) is 3.15. The molecule has 1 aromatic carbocycles. The Morgan fingerprint density at radius 2 is 2.22 bits per heavy atom. The van der Waals surface area contributed by atoms with Crippen molar-refractivity contribution in [1.29, 1.82) is 0 Å². The number of piperazine rings is 1. The van der Waals surface area contributed by atoms with Crippen LogP contribution < -0.4 is 10.2 Å². The van der Waals surface area contributed by atoms with Crippen LogP contribution in [0.25, 0.3) is 10.9 Å². The van der Waals surface area contributed by atoms with Crippen molar-refractivity contribution in [2.45, 2.75) is 19.4 Å². The summed E-state index contributed by atoms with van der Waals surface area (Å²) in [5, 5.41) is 4.74. The molecule has 0 amide bonds. The third-order valence-electron chi connectivity index (χ3n) is 3.76. The maximum Gasteiger partial charge on any atom is 0.0722 e. The molecule has 0 saturated carbocycles. The molecule has 2 aromatic rings. The number of aromatic nitrogens is 1. The Morgan fingerprint density at radius 3 is 3.11 bits per heavy atom. The molecule has 0 bridgehead atoms. The number of rotatable bonds is 2. The van der Waals surface area contributed by atoms with Gasteiger partial charge in [0.2, 0.25) is 0 Å². The summed E-state index contributed by atoms with van der Waals surface area (Å²) in [5.74, 6) is 0. The van der Waals surface area contributed by atoms with Crippen LogP contribution >= 0.6 is 0 Å². The van der Waals surface area contributed by atoms with Gasteiger partial charge in [0, 0.05) is 42.9 Å². The lowest BCUT2D eigenvalue weighted by Crippen LogP contribution is -2.51. The van der Waals surface area contributed by atoms with E-state index in [1.165, 1.54) is 17.5 Å². The van der Waals surface area contributed by atoms with E-state index in [2.05, 4.69) is 46.4 Å². The van der Waals surface area contributed by atoms with Crippen molar-refractivity contribution in [1.82, 2.24) is 10.3 Å². The van der Waals surface area contributed by atoms with Gasteiger partial charge in [-0.3, -0.25) is 4.98 Å². The minimum absolute atomic E-state index is 0.588. The highest BCUT2D eigenvalue weighted by atomic mass is 15.2. The van der Waals surface area contributed by atoms with Gasteiger partial charge in [-0.25, -0.2) is 0 Å². The van der Waals surface area contributed by atoms with Gasteiger partial charge in [-0.05, 0) is 18.6 Å². The Labute approximate surface area is 108 Å². The maximum absolute atomic E-state index is 4.45. The number of hydrogen-bond donors (Lipinski definition) is 1. The van der Waals surface area contributed by atoms with Gasteiger partial charge in [-0.2, -0.15) is 0 Å². The first kappa shape index (κ1) is 11.5. The molecule has 94 valence electrons. The number of nitrogens with zero attached hydrogens (tertiary/aromatic N) is 2. The molecule has 1 fully saturated rings. The van der Waals surface area contributed by atoms with Crippen LogP contribution in [-0.2, 0) is 0 Å². The van der Waals surface area contributed by atoms with E-state index in [0.717, 1.165) is 25.2 Å². The lowest BCUT2D eigenvalue weighted by atomic mass is 10.1. The van der Waals surface area contributed by atoms with Crippen LogP contribution in [0, 0.1) is 0 Å². The highest BCUT2D eigenvalue weighted by Gasteiger charge is 2.22. The first-order chi connectivity index (χ1) is 8.90. The van der Waals surface area contributed by atoms with E-state index in [4.69, 9.17) is 0 Å². The van der Waals surface area contributed by atoms with Crippen molar-refractivity contribution in [2.24, 2.45) is 0 Å². The zero-order chi connectivity index (χ0) is 12.4. The summed E-state index contributed by atoms with van der Waals surface area (Å²) in [4.78, 5) is 6.97. The third-order valence-corrected chi connectivity index (χ3v) is 3.76. The third kappa shape index (κ3) is 1.95. The van der Waals surface area contributed by atoms with E-state index in [-0.39, 0.29) is 0 Å². The molecule has 1 aliphatic rings. The fraction of sp³-hybridized carbons (Fsp3) is 0.400. The highest BCUT2D eigenvalue weighted by molar-refractivity contribution is 5.91. The zero-order valence-electron chi connectivity index (χ0n) is 10.8. The predicted molar refractivity (Wildman–Crippen MR) is 76.0 cm³/mol. The van der Waals surface area contributed by atoms with Crippen molar-refractivity contribution in [3.63, 3.8) is 0 Å². The monoisotopic (exact) mass is 241 g/mol. The van der Waals surface area contributed by atoms with Gasteiger partial charge in [0.1, 0.15) is 0 Å². The molecule has 3 heteroatoms. The van der Waals surface area contributed by atoms with Crippen molar-refractivity contribution in [3.05, 3.63) is 36.5 Å². The fourth-order valence-corrected chi connectivity index (χ4v) is 2.77. The Bertz CT molecular complexity index is 533. The highest BCUT2D eigenvalue weighted by Crippen LogP contribution is 2.27. The van der Waals surface area contributed by atoms with Gasteiger partial charge < -0.3 is 10.2 Å². The Hall–Kier alpha value is -1.61. The first-order valence-corrected chi connectivity index (χ1v) is 6.71. The number of anilines is 1. The van der Waals surface area contributed by atoms with Gasteiger partial charge >= 0.3 is 0 Å². The summed E-state index contributed by atoms with van der Waals surface area (Å²) < 4.78 is 0. The first-order valence-electron chi connectivity index (χ1n) is 6.71. The molecule has 1 unspecified atom stereocenters. The number of nitrogens with one attached hydrogen (secondary N) is 1. The van der Waals surface area contributed by atoms with Gasteiger partial charge in [0.15, 0.2) is 0 Å². The number of benzene rings is 1. The largest absolute Gasteiger partial charge is 0.365 e. The van der Waals surface area contributed by atoms with Crippen LogP contribution in [0.3, 0.4) is 0 Å². The molecule has 3 nitrogen and oxygen atoms in total. The number of pyridine rings is 1. The van der Waals surface area contributed by atoms with Crippen LogP contribution in [0.5, 0.6) is 0 Å². The quantitative estimate of drug-likeness (QED) is 0.875. The Balaban J connectivity index is 2.07. The second-order valence-corrected chi connectivity index (χ2v) is 4.81. The number of fused-ring (bicyclic) bond motifs is 1. The van der Waals surface area contributed by atoms with Gasteiger partial charge in [-0.1, -0.05) is 25.1 Å². The summed E-state index contributed by atoms with van der Waals surface area (Å²) in [5.41, 5.74) is 2.41. The average Bonchev–Trinajstić information content (AvgIpc) is 2.46. The van der Waals surface area contributed by atoms with Crippen LogP contribution in [0.2, 0.25) is 0 Å². The molecule has 1 aromatic heterocycles. The topological polar surface area (TPSA) is 28.2 Å². The fourth-order valence-electron chi connectivity index (χ4n) is 2.77. The van der Waals surface area contributed by atoms with Crippen LogP contribution in [0.15, 0.2) is 36.5 Å². The van der Waals surface area contributed by atoms with E-state index in [0.29, 0.717) is 6.04 Å². The van der Waals surface area contributed by atoms with Crippen LogP contribution in [-0.4, -0.2) is 30.7 Å². The van der Waals surface area contributed by atoms with Crippen LogP contribution in [0.4, 0.5) is 5.69 Å². The molecule has 1 saturated heterocycles. The van der Waals surface area contributed by atoms with Crippen molar-refractivity contribution >= 4 is 16.6 Å². The number of para-hydroxylation sites is 1. The standard InChI is InChI=1S/C15H19N3/c1-2-12-11-16-9-10-18(12)15-7-8-17-14-6-4-3-5-13(14)15/h3-8,12,16H,2,9-11H2,1H3. The van der Waals surface area contributed by atoms with E-state index in [1.54, 1.807) is 0 Å². The smallest absolute Gasteiger partial charge is 0.0722 e. The second-order valence-electron chi connectivity index (χ2n) is 4.81. The lowest BCUT2D eigenvalue weighted by molar-refractivity contribution is 0.467. The SMILES string of the molecule is CCC1CNCCN1c1ccnc2ccccc12. The zero-order valence-corrected chi connectivity index (χ0v) is 10.8. The number of hydrogen-bond acceptors (Lipinski definition) is 3. The minimum Gasteiger partial charge on any atom is -0.365 e. The normalized spacial score (nSPS) is 20.3. The molecule has 0 aliphatic carbocycles. The molecule has 0 spiro atoms. The summed E-state index contributed by atoms with van der Waals surface area (Å²) in [6.07, 6.45) is 3.09. The molecule has 3 rings (SSSR count). The predicted octanol–water partition coefficient (Wildman–Crippen LogP) is 2.42. The molecule has 1 N–H and O–H groups in total. The summed E-state index contributed by atoms with van der Waals surface area (Å²) >= 11 is 0. The minimum atomic E-state index is 0.588. The molecule has 0 radical (unpaired) electrons. The van der Waals surface area contributed by atoms with E-state index >= 15 is 0 Å². The van der Waals surface area contributed by atoms with Crippen molar-refractivity contribution < 1.29 is 0 Å². The molecule has 1 atom stereocenters. The molecular weight excluding hydrogens is 222 g/mol. The van der Waals surface area contributed by atoms with Gasteiger partial charge in [0.25, 0.3) is 0 Å². The summed E-state index contributed by atoms with van der Waals surface area (Å²) in [6, 6.07) is 11.1. The molecular formula is C15H19N3. The van der Waals surface area contributed by atoms with Crippen molar-refractivity contribution in [3.8, 4) is 0 Å². The lowest BCUT2D eigenvalue weighted by Gasteiger charge is -2.38. The van der Waals surface area contributed by atoms with Crippen molar-refractivity contribution in [2.75, 3.05) is 24.5 Å². The van der Waals surface area contributed by atoms with Gasteiger partial charge in [0.05, 0.1) is 5.52 Å². The Morgan fingerprint density at radius 1 is 1.33 bits per heavy atom. The van der Waals surface area contributed by atoms with Crippen LogP contribution in [0.1, 0.15) is 13.3 Å². The molecule has 18 heavy (non-hydrogen) atoms. The average molecular weight is 241 g/mol. The van der Waals surface area contributed by atoms with E-state index in [9.17, 15) is 0 Å². The second kappa shape index (κ2) is 4.94. The summed E-state index contributed by atoms with van der Waals surface area (Å²) in [6.45, 7) is 5.47. The molecule has 2 heterocycles.